The Bertz CT molecular complexity index is 849. The second-order valence-electron chi connectivity index (χ2n) is 6.71. The van der Waals surface area contributed by atoms with Crippen molar-refractivity contribution in [3.05, 3.63) is 60.2 Å². The monoisotopic (exact) mass is 336 g/mol. The summed E-state index contributed by atoms with van der Waals surface area (Å²) >= 11 is 0. The fourth-order valence-corrected chi connectivity index (χ4v) is 3.46. The maximum Gasteiger partial charge on any atom is 0.0752 e. The molecule has 25 heavy (non-hydrogen) atoms. The molecular weight excluding hydrogens is 312 g/mol. The van der Waals surface area contributed by atoms with Gasteiger partial charge in [0.15, 0.2) is 0 Å². The van der Waals surface area contributed by atoms with Crippen LogP contribution in [0.1, 0.15) is 17.7 Å². The van der Waals surface area contributed by atoms with Gasteiger partial charge >= 0.3 is 0 Å². The van der Waals surface area contributed by atoms with E-state index in [0.717, 1.165) is 31.7 Å². The average Bonchev–Trinajstić information content (AvgIpc) is 3.33. The summed E-state index contributed by atoms with van der Waals surface area (Å²) in [4.78, 5) is 2.39. The predicted octanol–water partition coefficient (Wildman–Crippen LogP) is 2.28. The van der Waals surface area contributed by atoms with Crippen molar-refractivity contribution >= 4 is 5.69 Å². The van der Waals surface area contributed by atoms with Gasteiger partial charge in [-0.25, -0.2) is 4.68 Å². The Kier molecular flexibility index (Phi) is 4.28. The van der Waals surface area contributed by atoms with E-state index in [1.807, 2.05) is 28.8 Å². The molecule has 130 valence electrons. The van der Waals surface area contributed by atoms with E-state index in [0.29, 0.717) is 6.04 Å². The lowest BCUT2D eigenvalue weighted by molar-refractivity contribution is 0.538. The molecule has 0 bridgehead atoms. The number of benzene rings is 1. The predicted molar refractivity (Wildman–Crippen MR) is 99.0 cm³/mol. The number of hydrogen-bond acceptors (Lipinski definition) is 4. The smallest absolute Gasteiger partial charge is 0.0752 e. The summed E-state index contributed by atoms with van der Waals surface area (Å²) in [6, 6.07) is 10.9. The van der Waals surface area contributed by atoms with Crippen LogP contribution in [0.25, 0.3) is 5.69 Å². The molecule has 3 heterocycles. The van der Waals surface area contributed by atoms with E-state index in [1.54, 1.807) is 0 Å². The topological polar surface area (TPSA) is 50.9 Å². The summed E-state index contributed by atoms with van der Waals surface area (Å²) in [5.74, 6) is 0. The molecular formula is C19H24N6. The molecule has 0 saturated carbocycles. The number of nitrogens with one attached hydrogen (secondary N) is 1. The first-order valence-corrected chi connectivity index (χ1v) is 8.76. The van der Waals surface area contributed by atoms with Crippen molar-refractivity contribution in [3.63, 3.8) is 0 Å². The van der Waals surface area contributed by atoms with Gasteiger partial charge in [-0.1, -0.05) is 18.2 Å². The van der Waals surface area contributed by atoms with Crippen LogP contribution in [0.3, 0.4) is 0 Å². The van der Waals surface area contributed by atoms with Gasteiger partial charge in [-0.15, -0.1) is 0 Å². The first-order chi connectivity index (χ1) is 12.2. The third-order valence-electron chi connectivity index (χ3n) is 4.88. The second kappa shape index (κ2) is 6.72. The Labute approximate surface area is 148 Å². The molecule has 1 aliphatic rings. The third-order valence-corrected chi connectivity index (χ3v) is 4.88. The number of aryl methyl sites for hydroxylation is 2. The average molecular weight is 336 g/mol. The normalized spacial score (nSPS) is 17.4. The maximum absolute atomic E-state index is 4.51. The zero-order valence-electron chi connectivity index (χ0n) is 14.8. The van der Waals surface area contributed by atoms with Crippen molar-refractivity contribution in [2.75, 3.05) is 18.0 Å². The molecule has 6 nitrogen and oxygen atoms in total. The van der Waals surface area contributed by atoms with E-state index in [9.17, 15) is 0 Å². The van der Waals surface area contributed by atoms with Crippen LogP contribution in [-0.4, -0.2) is 38.7 Å². The summed E-state index contributed by atoms with van der Waals surface area (Å²) in [5.41, 5.74) is 4.77. The van der Waals surface area contributed by atoms with Crippen LogP contribution in [-0.2, 0) is 13.6 Å². The van der Waals surface area contributed by atoms with Crippen LogP contribution in [0.15, 0.2) is 48.9 Å². The van der Waals surface area contributed by atoms with Crippen molar-refractivity contribution in [2.45, 2.75) is 25.9 Å². The largest absolute Gasteiger partial charge is 0.367 e. The van der Waals surface area contributed by atoms with Gasteiger partial charge in [0.05, 0.1) is 23.3 Å². The van der Waals surface area contributed by atoms with Gasteiger partial charge in [0, 0.05) is 45.1 Å². The van der Waals surface area contributed by atoms with Gasteiger partial charge in [0.25, 0.3) is 0 Å². The van der Waals surface area contributed by atoms with Crippen LogP contribution >= 0.6 is 0 Å². The highest BCUT2D eigenvalue weighted by Gasteiger charge is 2.23. The zero-order chi connectivity index (χ0) is 17.2. The van der Waals surface area contributed by atoms with Crippen LogP contribution in [0.4, 0.5) is 5.69 Å². The van der Waals surface area contributed by atoms with E-state index in [-0.39, 0.29) is 0 Å². The molecule has 0 aliphatic carbocycles. The fourth-order valence-electron chi connectivity index (χ4n) is 3.46. The molecule has 0 amide bonds. The molecule has 1 fully saturated rings. The molecule has 2 aromatic heterocycles. The molecule has 4 rings (SSSR count). The van der Waals surface area contributed by atoms with E-state index < -0.39 is 0 Å². The Morgan fingerprint density at radius 2 is 2.08 bits per heavy atom. The van der Waals surface area contributed by atoms with E-state index in [1.165, 1.54) is 16.9 Å². The quantitative estimate of drug-likeness (QED) is 0.777. The number of anilines is 1. The third kappa shape index (κ3) is 3.30. The van der Waals surface area contributed by atoms with E-state index in [4.69, 9.17) is 0 Å². The van der Waals surface area contributed by atoms with Crippen LogP contribution in [0, 0.1) is 6.92 Å². The van der Waals surface area contributed by atoms with Crippen molar-refractivity contribution < 1.29 is 0 Å². The van der Waals surface area contributed by atoms with Gasteiger partial charge < -0.3 is 10.2 Å². The number of rotatable bonds is 5. The van der Waals surface area contributed by atoms with Crippen molar-refractivity contribution in [3.8, 4) is 5.69 Å². The van der Waals surface area contributed by atoms with Gasteiger partial charge in [-0.05, 0) is 31.0 Å². The molecule has 1 saturated heterocycles. The molecule has 1 aliphatic heterocycles. The van der Waals surface area contributed by atoms with Gasteiger partial charge in [-0.3, -0.25) is 4.68 Å². The Morgan fingerprint density at radius 1 is 1.20 bits per heavy atom. The fraction of sp³-hybridized carbons (Fsp3) is 0.368. The van der Waals surface area contributed by atoms with Crippen LogP contribution < -0.4 is 10.2 Å². The summed E-state index contributed by atoms with van der Waals surface area (Å²) in [6.45, 7) is 5.03. The highest BCUT2D eigenvalue weighted by atomic mass is 15.3. The van der Waals surface area contributed by atoms with Gasteiger partial charge in [-0.2, -0.15) is 10.2 Å². The van der Waals surface area contributed by atoms with Crippen molar-refractivity contribution in [2.24, 2.45) is 7.05 Å². The summed E-state index contributed by atoms with van der Waals surface area (Å²) in [6.07, 6.45) is 7.04. The van der Waals surface area contributed by atoms with Crippen LogP contribution in [0.2, 0.25) is 0 Å². The summed E-state index contributed by atoms with van der Waals surface area (Å²) in [7, 11) is 1.96. The van der Waals surface area contributed by atoms with Gasteiger partial charge in [0.1, 0.15) is 0 Å². The standard InChI is InChI=1S/C19H24N6/c1-15-5-3-4-6-19(15)25-17(7-9-21-25)11-20-16-8-10-24(13-16)18-12-22-23(2)14-18/h3-7,9,12,14,16,20H,8,10-11,13H2,1-2H3. The van der Waals surface area contributed by atoms with E-state index >= 15 is 0 Å². The Balaban J connectivity index is 1.40. The number of nitrogens with zero attached hydrogens (tertiary/aromatic N) is 5. The molecule has 1 N–H and O–H groups in total. The molecule has 3 aromatic rings. The Hall–Kier alpha value is -2.60. The minimum Gasteiger partial charge on any atom is -0.367 e. The molecule has 1 unspecified atom stereocenters. The zero-order valence-corrected chi connectivity index (χ0v) is 14.8. The van der Waals surface area contributed by atoms with Crippen molar-refractivity contribution in [1.29, 1.82) is 0 Å². The van der Waals surface area contributed by atoms with Crippen LogP contribution in [0.5, 0.6) is 0 Å². The lowest BCUT2D eigenvalue weighted by Crippen LogP contribution is -2.32. The van der Waals surface area contributed by atoms with E-state index in [2.05, 4.69) is 63.9 Å². The first kappa shape index (κ1) is 15.9. The molecule has 1 aromatic carbocycles. The van der Waals surface area contributed by atoms with Crippen molar-refractivity contribution in [1.82, 2.24) is 24.9 Å². The van der Waals surface area contributed by atoms with Gasteiger partial charge in [0.2, 0.25) is 0 Å². The molecule has 0 radical (unpaired) electrons. The Morgan fingerprint density at radius 3 is 2.88 bits per heavy atom. The maximum atomic E-state index is 4.51. The highest BCUT2D eigenvalue weighted by Crippen LogP contribution is 2.20. The molecule has 6 heteroatoms. The highest BCUT2D eigenvalue weighted by molar-refractivity contribution is 5.44. The number of para-hydroxylation sites is 1. The summed E-state index contributed by atoms with van der Waals surface area (Å²) in [5, 5.41) is 12.5. The lowest BCUT2D eigenvalue weighted by atomic mass is 10.2. The number of hydrogen-bond donors (Lipinski definition) is 1. The minimum absolute atomic E-state index is 0.487. The molecule has 1 atom stereocenters. The SMILES string of the molecule is Cc1ccccc1-n1nccc1CNC1CCN(c2cnn(C)c2)C1. The minimum atomic E-state index is 0.487. The molecule has 0 spiro atoms. The second-order valence-corrected chi connectivity index (χ2v) is 6.71. The summed E-state index contributed by atoms with van der Waals surface area (Å²) < 4.78 is 3.90. The lowest BCUT2D eigenvalue weighted by Gasteiger charge is -2.17. The first-order valence-electron chi connectivity index (χ1n) is 8.76. The number of aromatic nitrogens is 4.